The summed E-state index contributed by atoms with van der Waals surface area (Å²) < 4.78 is 5.80. The second-order valence-electron chi connectivity index (χ2n) is 6.78. The highest BCUT2D eigenvalue weighted by atomic mass is 16.6. The minimum atomic E-state index is 0.630. The van der Waals surface area contributed by atoms with Crippen molar-refractivity contribution in [1.29, 1.82) is 0 Å². The van der Waals surface area contributed by atoms with Crippen LogP contribution >= 0.6 is 0 Å². The molecular formula is C19H39NO. The maximum atomic E-state index is 5.80. The number of nitrogens with one attached hydrogen (secondary N) is 1. The summed E-state index contributed by atoms with van der Waals surface area (Å²) in [7, 11) is 2.04. The van der Waals surface area contributed by atoms with Gasteiger partial charge in [-0.2, -0.15) is 0 Å². The van der Waals surface area contributed by atoms with Gasteiger partial charge in [-0.25, -0.2) is 0 Å². The van der Waals surface area contributed by atoms with E-state index in [-0.39, 0.29) is 0 Å². The molecule has 2 atom stereocenters. The van der Waals surface area contributed by atoms with Gasteiger partial charge < -0.3 is 10.1 Å². The summed E-state index contributed by atoms with van der Waals surface area (Å²) in [5.41, 5.74) is 0. The zero-order chi connectivity index (χ0) is 15.2. The zero-order valence-electron chi connectivity index (χ0n) is 14.7. The Labute approximate surface area is 133 Å². The van der Waals surface area contributed by atoms with Crippen molar-refractivity contribution in [3.8, 4) is 0 Å². The predicted octanol–water partition coefficient (Wildman–Crippen LogP) is 5.45. The van der Waals surface area contributed by atoms with Gasteiger partial charge >= 0.3 is 0 Å². The van der Waals surface area contributed by atoms with Crippen LogP contribution in [0.3, 0.4) is 0 Å². The van der Waals surface area contributed by atoms with Gasteiger partial charge in [-0.3, -0.25) is 0 Å². The molecule has 2 heteroatoms. The van der Waals surface area contributed by atoms with Crippen LogP contribution in [0, 0.1) is 0 Å². The number of epoxide rings is 1. The molecule has 1 N–H and O–H groups in total. The highest BCUT2D eigenvalue weighted by Crippen LogP contribution is 2.31. The van der Waals surface area contributed by atoms with Crippen LogP contribution in [-0.4, -0.2) is 25.8 Å². The van der Waals surface area contributed by atoms with Crippen molar-refractivity contribution in [3.05, 3.63) is 0 Å². The van der Waals surface area contributed by atoms with Crippen LogP contribution in [0.2, 0.25) is 0 Å². The summed E-state index contributed by atoms with van der Waals surface area (Å²) in [6.07, 6.45) is 20.7. The molecule has 1 saturated heterocycles. The molecule has 0 aromatic carbocycles. The normalized spacial score (nSPS) is 20.9. The highest BCUT2D eigenvalue weighted by molar-refractivity contribution is 4.84. The van der Waals surface area contributed by atoms with E-state index in [4.69, 9.17) is 4.74 Å². The summed E-state index contributed by atoms with van der Waals surface area (Å²) in [4.78, 5) is 0. The van der Waals surface area contributed by atoms with Crippen molar-refractivity contribution in [2.45, 2.75) is 109 Å². The van der Waals surface area contributed by atoms with Gasteiger partial charge in [0.1, 0.15) is 0 Å². The quantitative estimate of drug-likeness (QED) is 0.302. The van der Waals surface area contributed by atoms with Crippen molar-refractivity contribution in [1.82, 2.24) is 5.32 Å². The molecule has 1 aliphatic rings. The van der Waals surface area contributed by atoms with Crippen molar-refractivity contribution >= 4 is 0 Å². The van der Waals surface area contributed by atoms with Crippen LogP contribution in [0.5, 0.6) is 0 Å². The second kappa shape index (κ2) is 13.6. The molecule has 0 saturated carbocycles. The molecule has 2 unspecified atom stereocenters. The molecule has 1 heterocycles. The second-order valence-corrected chi connectivity index (χ2v) is 6.78. The minimum absolute atomic E-state index is 0.630. The van der Waals surface area contributed by atoms with Gasteiger partial charge in [0.15, 0.2) is 0 Å². The van der Waals surface area contributed by atoms with Crippen LogP contribution in [0.25, 0.3) is 0 Å². The van der Waals surface area contributed by atoms with Crippen molar-refractivity contribution in [2.24, 2.45) is 0 Å². The molecule has 0 radical (unpaired) electrons. The number of rotatable bonds is 16. The molecule has 0 aliphatic carbocycles. The van der Waals surface area contributed by atoms with Gasteiger partial charge in [0.05, 0.1) is 12.2 Å². The Morgan fingerprint density at radius 1 is 0.667 bits per heavy atom. The van der Waals surface area contributed by atoms with Gasteiger partial charge in [-0.15, -0.1) is 0 Å². The van der Waals surface area contributed by atoms with Gasteiger partial charge in [0, 0.05) is 0 Å². The zero-order valence-corrected chi connectivity index (χ0v) is 14.7. The van der Waals surface area contributed by atoms with E-state index in [1.807, 2.05) is 7.05 Å². The standard InChI is InChI=1S/C19H39NO/c1-3-4-5-6-9-12-15-18-19(21-18)16-13-10-7-8-11-14-17-20-2/h18-20H,3-17H2,1-2H3. The number of hydrogen-bond acceptors (Lipinski definition) is 2. The first-order valence-corrected chi connectivity index (χ1v) is 9.68. The Morgan fingerprint density at radius 3 is 1.67 bits per heavy atom. The van der Waals surface area contributed by atoms with E-state index >= 15 is 0 Å². The molecule has 0 amide bonds. The molecule has 1 aliphatic heterocycles. The Morgan fingerprint density at radius 2 is 1.14 bits per heavy atom. The number of ether oxygens (including phenoxy) is 1. The summed E-state index contributed by atoms with van der Waals surface area (Å²) in [5.74, 6) is 0. The van der Waals surface area contributed by atoms with Crippen molar-refractivity contribution in [2.75, 3.05) is 13.6 Å². The van der Waals surface area contributed by atoms with E-state index in [1.54, 1.807) is 0 Å². The average Bonchev–Trinajstić information content (AvgIpc) is 3.24. The molecule has 2 nitrogen and oxygen atoms in total. The van der Waals surface area contributed by atoms with Gasteiger partial charge in [-0.05, 0) is 32.9 Å². The van der Waals surface area contributed by atoms with Crippen LogP contribution in [0.4, 0.5) is 0 Å². The van der Waals surface area contributed by atoms with E-state index in [9.17, 15) is 0 Å². The fourth-order valence-electron chi connectivity index (χ4n) is 3.17. The Balaban J connectivity index is 1.74. The maximum Gasteiger partial charge on any atom is 0.0841 e. The third-order valence-corrected chi connectivity index (χ3v) is 4.70. The van der Waals surface area contributed by atoms with Gasteiger partial charge in [-0.1, -0.05) is 77.6 Å². The number of hydrogen-bond donors (Lipinski definition) is 1. The van der Waals surface area contributed by atoms with Gasteiger partial charge in [0.2, 0.25) is 0 Å². The molecule has 0 bridgehead atoms. The lowest BCUT2D eigenvalue weighted by atomic mass is 10.0. The first-order chi connectivity index (χ1) is 10.4. The SMILES string of the molecule is CCCCCCCCC1OC1CCCCCCCCNC. The topological polar surface area (TPSA) is 24.6 Å². The van der Waals surface area contributed by atoms with Gasteiger partial charge in [0.25, 0.3) is 0 Å². The first kappa shape index (κ1) is 19.0. The lowest BCUT2D eigenvalue weighted by Gasteiger charge is -2.01. The Bertz CT molecular complexity index is 220. The minimum Gasteiger partial charge on any atom is -0.370 e. The fraction of sp³-hybridized carbons (Fsp3) is 1.00. The lowest BCUT2D eigenvalue weighted by molar-refractivity contribution is 0.347. The third-order valence-electron chi connectivity index (χ3n) is 4.70. The van der Waals surface area contributed by atoms with E-state index in [2.05, 4.69) is 12.2 Å². The van der Waals surface area contributed by atoms with E-state index in [0.717, 1.165) is 0 Å². The third kappa shape index (κ3) is 11.2. The first-order valence-electron chi connectivity index (χ1n) is 9.68. The summed E-state index contributed by atoms with van der Waals surface area (Å²) in [6, 6.07) is 0. The largest absolute Gasteiger partial charge is 0.370 e. The molecule has 126 valence electrons. The fourth-order valence-corrected chi connectivity index (χ4v) is 3.17. The Kier molecular flexibility index (Phi) is 12.3. The van der Waals surface area contributed by atoms with Crippen LogP contribution in [0.15, 0.2) is 0 Å². The molecule has 1 fully saturated rings. The van der Waals surface area contributed by atoms with Crippen LogP contribution in [0.1, 0.15) is 96.8 Å². The Hall–Kier alpha value is -0.0800. The smallest absolute Gasteiger partial charge is 0.0841 e. The van der Waals surface area contributed by atoms with Crippen LogP contribution < -0.4 is 5.32 Å². The highest BCUT2D eigenvalue weighted by Gasteiger charge is 2.36. The van der Waals surface area contributed by atoms with E-state index in [0.29, 0.717) is 12.2 Å². The summed E-state index contributed by atoms with van der Waals surface area (Å²) in [6.45, 7) is 3.46. The molecule has 0 spiro atoms. The molecule has 21 heavy (non-hydrogen) atoms. The summed E-state index contributed by atoms with van der Waals surface area (Å²) in [5, 5.41) is 3.21. The van der Waals surface area contributed by atoms with Crippen molar-refractivity contribution < 1.29 is 4.74 Å². The molecular weight excluding hydrogens is 258 g/mol. The predicted molar refractivity (Wildman–Crippen MR) is 92.9 cm³/mol. The monoisotopic (exact) mass is 297 g/mol. The lowest BCUT2D eigenvalue weighted by Crippen LogP contribution is -2.06. The average molecular weight is 298 g/mol. The number of unbranched alkanes of at least 4 members (excludes halogenated alkanes) is 10. The summed E-state index contributed by atoms with van der Waals surface area (Å²) >= 11 is 0. The van der Waals surface area contributed by atoms with E-state index in [1.165, 1.54) is 96.4 Å². The molecule has 0 aromatic heterocycles. The van der Waals surface area contributed by atoms with Crippen molar-refractivity contribution in [3.63, 3.8) is 0 Å². The van der Waals surface area contributed by atoms with Crippen LogP contribution in [-0.2, 0) is 4.74 Å². The van der Waals surface area contributed by atoms with E-state index < -0.39 is 0 Å². The molecule has 0 aromatic rings. The molecule has 1 rings (SSSR count). The maximum absolute atomic E-state index is 5.80.